The third-order valence-corrected chi connectivity index (χ3v) is 6.21. The van der Waals surface area contributed by atoms with E-state index in [1.54, 1.807) is 36.4 Å². The fourth-order valence-corrected chi connectivity index (χ4v) is 4.27. The maximum Gasteiger partial charge on any atom is 0.261 e. The molecule has 0 atom stereocenters. The number of anilines is 2. The van der Waals surface area contributed by atoms with Crippen LogP contribution in [0.15, 0.2) is 47.4 Å². The van der Waals surface area contributed by atoms with Gasteiger partial charge in [0.25, 0.3) is 15.9 Å². The quantitative estimate of drug-likeness (QED) is 0.645. The summed E-state index contributed by atoms with van der Waals surface area (Å²) in [6.07, 6.45) is 0.831. The van der Waals surface area contributed by atoms with Crippen molar-refractivity contribution >= 4 is 27.3 Å². The second-order valence-corrected chi connectivity index (χ2v) is 8.83. The lowest BCUT2D eigenvalue weighted by Crippen LogP contribution is -2.43. The second-order valence-electron chi connectivity index (χ2n) is 7.14. The van der Waals surface area contributed by atoms with Crippen LogP contribution in [0, 0.1) is 6.92 Å². The minimum Gasteiger partial charge on any atom is -0.367 e. The molecule has 7 nitrogen and oxygen atoms in total. The molecule has 0 bridgehead atoms. The molecule has 156 valence electrons. The van der Waals surface area contributed by atoms with Crippen LogP contribution in [0.25, 0.3) is 0 Å². The maximum absolute atomic E-state index is 13.0. The van der Waals surface area contributed by atoms with E-state index in [4.69, 9.17) is 0 Å². The molecule has 0 aliphatic carbocycles. The van der Waals surface area contributed by atoms with Crippen molar-refractivity contribution in [3.63, 3.8) is 0 Å². The second kappa shape index (κ2) is 9.28. The van der Waals surface area contributed by atoms with Crippen molar-refractivity contribution in [2.75, 3.05) is 42.3 Å². The molecule has 3 N–H and O–H groups in total. The van der Waals surface area contributed by atoms with Crippen LogP contribution in [0.2, 0.25) is 0 Å². The molecule has 0 saturated carbocycles. The first-order valence-electron chi connectivity index (χ1n) is 9.88. The molecule has 1 saturated heterocycles. The van der Waals surface area contributed by atoms with E-state index < -0.39 is 10.0 Å². The molecule has 0 radical (unpaired) electrons. The molecule has 1 heterocycles. The van der Waals surface area contributed by atoms with Gasteiger partial charge in [-0.3, -0.25) is 9.52 Å². The Morgan fingerprint density at radius 3 is 2.45 bits per heavy atom. The Labute approximate surface area is 172 Å². The van der Waals surface area contributed by atoms with Gasteiger partial charge in [0.15, 0.2) is 0 Å². The smallest absolute Gasteiger partial charge is 0.261 e. The average molecular weight is 417 g/mol. The third kappa shape index (κ3) is 5.27. The number of carbonyl (C=O) groups excluding carboxylic acids is 1. The molecule has 2 aromatic carbocycles. The van der Waals surface area contributed by atoms with E-state index in [0.29, 0.717) is 17.8 Å². The normalized spacial score (nSPS) is 14.5. The highest BCUT2D eigenvalue weighted by atomic mass is 32.2. The van der Waals surface area contributed by atoms with E-state index in [0.717, 1.165) is 43.9 Å². The zero-order chi connectivity index (χ0) is 20.9. The van der Waals surface area contributed by atoms with Gasteiger partial charge in [-0.25, -0.2) is 8.42 Å². The van der Waals surface area contributed by atoms with Gasteiger partial charge in [0.1, 0.15) is 0 Å². The molecule has 0 spiro atoms. The Kier molecular flexibility index (Phi) is 6.76. The fourth-order valence-electron chi connectivity index (χ4n) is 3.20. The molecule has 3 rings (SSSR count). The van der Waals surface area contributed by atoms with Crippen LogP contribution in [0.3, 0.4) is 0 Å². The minimum atomic E-state index is -3.77. The van der Waals surface area contributed by atoms with Crippen LogP contribution in [0.5, 0.6) is 0 Å². The number of aryl methyl sites for hydroxylation is 1. The van der Waals surface area contributed by atoms with E-state index in [9.17, 15) is 13.2 Å². The maximum atomic E-state index is 13.0. The number of carbonyl (C=O) groups is 1. The van der Waals surface area contributed by atoms with Crippen molar-refractivity contribution in [2.24, 2.45) is 0 Å². The van der Waals surface area contributed by atoms with Gasteiger partial charge in [-0.05, 0) is 43.7 Å². The third-order valence-electron chi connectivity index (χ3n) is 4.83. The van der Waals surface area contributed by atoms with Crippen LogP contribution in [0.4, 0.5) is 11.4 Å². The fraction of sp³-hybridized carbons (Fsp3) is 0.381. The van der Waals surface area contributed by atoms with E-state index in [-0.39, 0.29) is 10.8 Å². The van der Waals surface area contributed by atoms with Crippen molar-refractivity contribution in [3.8, 4) is 0 Å². The standard InChI is InChI=1S/C21H28N4O3S/c1-3-10-23-21(26)17-6-9-20(25-13-11-22-12-14-25)19(15-17)24-29(27,28)18-7-4-16(2)5-8-18/h4-9,15,22,24H,3,10-14H2,1-2H3,(H,23,26). The van der Waals surface area contributed by atoms with Gasteiger partial charge in [-0.2, -0.15) is 0 Å². The van der Waals surface area contributed by atoms with E-state index in [2.05, 4.69) is 20.3 Å². The van der Waals surface area contributed by atoms with Crippen molar-refractivity contribution < 1.29 is 13.2 Å². The Balaban J connectivity index is 1.95. The van der Waals surface area contributed by atoms with Crippen molar-refractivity contribution in [2.45, 2.75) is 25.2 Å². The molecule has 1 aliphatic rings. The van der Waals surface area contributed by atoms with Crippen LogP contribution in [0.1, 0.15) is 29.3 Å². The summed E-state index contributed by atoms with van der Waals surface area (Å²) >= 11 is 0. The molecular formula is C21H28N4O3S. The molecule has 0 unspecified atom stereocenters. The molecule has 29 heavy (non-hydrogen) atoms. The van der Waals surface area contributed by atoms with Gasteiger partial charge >= 0.3 is 0 Å². The van der Waals surface area contributed by atoms with Gasteiger partial charge in [0.05, 0.1) is 16.3 Å². The molecule has 0 aromatic heterocycles. The van der Waals surface area contributed by atoms with Crippen molar-refractivity contribution in [1.82, 2.24) is 10.6 Å². The van der Waals surface area contributed by atoms with E-state index in [1.807, 2.05) is 19.9 Å². The number of nitrogens with zero attached hydrogens (tertiary/aromatic N) is 1. The SMILES string of the molecule is CCCNC(=O)c1ccc(N2CCNCC2)c(NS(=O)(=O)c2ccc(C)cc2)c1. The first kappa shape index (κ1) is 21.1. The number of sulfonamides is 1. The van der Waals surface area contributed by atoms with Crippen LogP contribution in [-0.4, -0.2) is 47.0 Å². The number of benzene rings is 2. The Bertz CT molecular complexity index is 952. The molecular weight excluding hydrogens is 388 g/mol. The number of rotatable bonds is 7. The largest absolute Gasteiger partial charge is 0.367 e. The Hall–Kier alpha value is -2.58. The van der Waals surface area contributed by atoms with E-state index >= 15 is 0 Å². The lowest BCUT2D eigenvalue weighted by atomic mass is 10.1. The molecule has 1 aliphatic heterocycles. The predicted octanol–water partition coefficient (Wildman–Crippen LogP) is 2.35. The zero-order valence-electron chi connectivity index (χ0n) is 16.9. The summed E-state index contributed by atoms with van der Waals surface area (Å²) in [5.74, 6) is -0.213. The summed E-state index contributed by atoms with van der Waals surface area (Å²) < 4.78 is 28.6. The summed E-state index contributed by atoms with van der Waals surface area (Å²) in [4.78, 5) is 14.7. The molecule has 1 amide bonds. The predicted molar refractivity (Wildman–Crippen MR) is 116 cm³/mol. The number of amides is 1. The van der Waals surface area contributed by atoms with Gasteiger partial charge < -0.3 is 15.5 Å². The van der Waals surface area contributed by atoms with E-state index in [1.165, 1.54) is 0 Å². The first-order chi connectivity index (χ1) is 13.9. The number of hydrogen-bond donors (Lipinski definition) is 3. The van der Waals surface area contributed by atoms with Crippen LogP contribution in [-0.2, 0) is 10.0 Å². The summed E-state index contributed by atoms with van der Waals surface area (Å²) in [6, 6.07) is 11.9. The highest BCUT2D eigenvalue weighted by Crippen LogP contribution is 2.30. The zero-order valence-corrected chi connectivity index (χ0v) is 17.7. The lowest BCUT2D eigenvalue weighted by Gasteiger charge is -2.31. The molecule has 1 fully saturated rings. The summed E-state index contributed by atoms with van der Waals surface area (Å²) in [7, 11) is -3.77. The van der Waals surface area contributed by atoms with Gasteiger partial charge in [-0.1, -0.05) is 24.6 Å². The van der Waals surface area contributed by atoms with Crippen molar-refractivity contribution in [3.05, 3.63) is 53.6 Å². The summed E-state index contributed by atoms with van der Waals surface area (Å²) in [5, 5.41) is 6.13. The highest BCUT2D eigenvalue weighted by molar-refractivity contribution is 7.92. The molecule has 8 heteroatoms. The number of hydrogen-bond acceptors (Lipinski definition) is 5. The topological polar surface area (TPSA) is 90.5 Å². The van der Waals surface area contributed by atoms with Crippen molar-refractivity contribution in [1.29, 1.82) is 0 Å². The van der Waals surface area contributed by atoms with Crippen LogP contribution < -0.4 is 20.3 Å². The minimum absolute atomic E-state index is 0.190. The Morgan fingerprint density at radius 2 is 1.79 bits per heavy atom. The average Bonchev–Trinajstić information content (AvgIpc) is 2.72. The highest BCUT2D eigenvalue weighted by Gasteiger charge is 2.21. The van der Waals surface area contributed by atoms with Gasteiger partial charge in [0.2, 0.25) is 0 Å². The lowest BCUT2D eigenvalue weighted by molar-refractivity contribution is 0.0953. The summed E-state index contributed by atoms with van der Waals surface area (Å²) in [5.41, 5.74) is 2.60. The first-order valence-corrected chi connectivity index (χ1v) is 11.4. The monoisotopic (exact) mass is 416 g/mol. The van der Waals surface area contributed by atoms with Gasteiger partial charge in [0, 0.05) is 38.3 Å². The van der Waals surface area contributed by atoms with Gasteiger partial charge in [-0.15, -0.1) is 0 Å². The summed E-state index contributed by atoms with van der Waals surface area (Å²) in [6.45, 7) is 7.63. The Morgan fingerprint density at radius 1 is 1.10 bits per heavy atom. The molecule has 2 aromatic rings. The number of piperazine rings is 1. The number of nitrogens with one attached hydrogen (secondary N) is 3. The van der Waals surface area contributed by atoms with Crippen LogP contribution >= 0.6 is 0 Å².